The first-order valence-electron chi connectivity index (χ1n) is 9.26. The monoisotopic (exact) mass is 340 g/mol. The number of benzene rings is 1. The summed E-state index contributed by atoms with van der Waals surface area (Å²) in [5.41, 5.74) is 1.09. The van der Waals surface area contributed by atoms with Crippen LogP contribution in [-0.4, -0.2) is 18.5 Å². The van der Waals surface area contributed by atoms with Crippen LogP contribution in [0.4, 0.5) is 0 Å². The number of hydrogen-bond donors (Lipinski definition) is 2. The molecule has 1 aliphatic rings. The smallest absolute Gasteiger partial charge is 0.234 e. The number of furan rings is 1. The number of carbonyl (C=O) groups is 1. The maximum Gasteiger partial charge on any atom is 0.234 e. The Labute approximate surface area is 150 Å². The molecule has 134 valence electrons. The molecule has 1 aliphatic carbocycles. The number of carbonyl (C=O) groups excluding carboxylic acids is 1. The van der Waals surface area contributed by atoms with Crippen molar-refractivity contribution in [2.45, 2.75) is 45.2 Å². The lowest BCUT2D eigenvalue weighted by atomic mass is 9.78. The van der Waals surface area contributed by atoms with Crippen molar-refractivity contribution in [3.63, 3.8) is 0 Å². The molecule has 1 fully saturated rings. The van der Waals surface area contributed by atoms with Crippen LogP contribution in [0, 0.1) is 11.8 Å². The van der Waals surface area contributed by atoms with Crippen molar-refractivity contribution in [1.82, 2.24) is 10.6 Å². The lowest BCUT2D eigenvalue weighted by molar-refractivity contribution is -0.121. The van der Waals surface area contributed by atoms with Crippen molar-refractivity contribution >= 4 is 5.91 Å². The molecule has 2 aromatic rings. The van der Waals surface area contributed by atoms with Gasteiger partial charge in [-0.3, -0.25) is 10.1 Å². The molecule has 1 aromatic heterocycles. The summed E-state index contributed by atoms with van der Waals surface area (Å²) in [7, 11) is 0. The summed E-state index contributed by atoms with van der Waals surface area (Å²) in [4.78, 5) is 12.5. The molecule has 0 aliphatic heterocycles. The van der Waals surface area contributed by atoms with E-state index in [1.165, 1.54) is 12.8 Å². The van der Waals surface area contributed by atoms with Gasteiger partial charge >= 0.3 is 0 Å². The first-order chi connectivity index (χ1) is 12.1. The van der Waals surface area contributed by atoms with E-state index in [1.54, 1.807) is 6.26 Å². The molecule has 1 aromatic carbocycles. The topological polar surface area (TPSA) is 54.3 Å². The van der Waals surface area contributed by atoms with Crippen molar-refractivity contribution in [2.24, 2.45) is 11.8 Å². The summed E-state index contributed by atoms with van der Waals surface area (Å²) >= 11 is 0. The van der Waals surface area contributed by atoms with Crippen LogP contribution in [0.25, 0.3) is 0 Å². The van der Waals surface area contributed by atoms with Crippen LogP contribution >= 0.6 is 0 Å². The summed E-state index contributed by atoms with van der Waals surface area (Å²) in [5.74, 6) is 2.08. The molecule has 4 heteroatoms. The van der Waals surface area contributed by atoms with E-state index in [0.29, 0.717) is 11.8 Å². The third-order valence-electron chi connectivity index (χ3n) is 5.48. The molecular weight excluding hydrogens is 312 g/mol. The van der Waals surface area contributed by atoms with E-state index in [1.807, 2.05) is 42.5 Å². The number of nitrogens with one attached hydrogen (secondary N) is 2. The Morgan fingerprint density at radius 1 is 1.16 bits per heavy atom. The molecular formula is C21H28N2O2. The minimum atomic E-state index is -0.121. The largest absolute Gasteiger partial charge is 0.467 e. The molecule has 0 radical (unpaired) electrons. The molecule has 4 atom stereocenters. The molecule has 1 amide bonds. The molecule has 0 bridgehead atoms. The van der Waals surface area contributed by atoms with E-state index in [9.17, 15) is 4.79 Å². The van der Waals surface area contributed by atoms with Crippen LogP contribution in [0.15, 0.2) is 53.1 Å². The van der Waals surface area contributed by atoms with Crippen molar-refractivity contribution in [1.29, 1.82) is 0 Å². The van der Waals surface area contributed by atoms with Crippen LogP contribution in [0.3, 0.4) is 0 Å². The first-order valence-corrected chi connectivity index (χ1v) is 9.26. The highest BCUT2D eigenvalue weighted by atomic mass is 16.3. The van der Waals surface area contributed by atoms with Crippen LogP contribution in [0.5, 0.6) is 0 Å². The zero-order valence-electron chi connectivity index (χ0n) is 15.1. The van der Waals surface area contributed by atoms with Gasteiger partial charge in [-0.2, -0.15) is 0 Å². The Bertz CT molecular complexity index is 654. The van der Waals surface area contributed by atoms with Crippen molar-refractivity contribution in [3.8, 4) is 0 Å². The van der Waals surface area contributed by atoms with Gasteiger partial charge in [-0.15, -0.1) is 0 Å². The molecule has 25 heavy (non-hydrogen) atoms. The predicted molar refractivity (Wildman–Crippen MR) is 99.1 cm³/mol. The van der Waals surface area contributed by atoms with E-state index in [2.05, 4.69) is 24.5 Å². The highest BCUT2D eigenvalue weighted by molar-refractivity contribution is 5.78. The molecule has 4 nitrogen and oxygen atoms in total. The molecule has 0 spiro atoms. The summed E-state index contributed by atoms with van der Waals surface area (Å²) in [6.07, 6.45) is 5.21. The summed E-state index contributed by atoms with van der Waals surface area (Å²) in [5, 5.41) is 6.57. The summed E-state index contributed by atoms with van der Waals surface area (Å²) in [6.45, 7) is 4.80. The Morgan fingerprint density at radius 3 is 2.68 bits per heavy atom. The predicted octanol–water partition coefficient (Wildman–Crippen LogP) is 3.90. The van der Waals surface area contributed by atoms with Crippen molar-refractivity contribution in [2.75, 3.05) is 6.54 Å². The fraction of sp³-hybridized carbons (Fsp3) is 0.476. The van der Waals surface area contributed by atoms with Gasteiger partial charge in [-0.1, -0.05) is 57.0 Å². The van der Waals surface area contributed by atoms with E-state index >= 15 is 0 Å². The van der Waals surface area contributed by atoms with Gasteiger partial charge in [-0.05, 0) is 36.0 Å². The second-order valence-electron chi connectivity index (χ2n) is 7.18. The van der Waals surface area contributed by atoms with Crippen LogP contribution in [0.1, 0.15) is 50.5 Å². The number of amides is 1. The van der Waals surface area contributed by atoms with Crippen molar-refractivity contribution < 1.29 is 9.21 Å². The van der Waals surface area contributed by atoms with E-state index < -0.39 is 0 Å². The Hall–Kier alpha value is -2.07. The minimum absolute atomic E-state index is 0.0541. The number of hydrogen-bond acceptors (Lipinski definition) is 3. The second kappa shape index (κ2) is 8.34. The zero-order valence-corrected chi connectivity index (χ0v) is 15.1. The van der Waals surface area contributed by atoms with Gasteiger partial charge in [-0.25, -0.2) is 0 Å². The Morgan fingerprint density at radius 2 is 1.96 bits per heavy atom. The molecule has 3 rings (SSSR count). The lowest BCUT2D eigenvalue weighted by Crippen LogP contribution is -2.47. The highest BCUT2D eigenvalue weighted by Crippen LogP contribution is 2.29. The minimum Gasteiger partial charge on any atom is -0.467 e. The van der Waals surface area contributed by atoms with Gasteiger partial charge in [0.25, 0.3) is 0 Å². The average molecular weight is 340 g/mol. The van der Waals surface area contributed by atoms with Gasteiger partial charge < -0.3 is 9.73 Å². The van der Waals surface area contributed by atoms with Crippen molar-refractivity contribution in [3.05, 3.63) is 60.1 Å². The van der Waals surface area contributed by atoms with Crippen LogP contribution < -0.4 is 10.6 Å². The first kappa shape index (κ1) is 17.7. The molecule has 0 unspecified atom stereocenters. The quantitative estimate of drug-likeness (QED) is 0.838. The summed E-state index contributed by atoms with van der Waals surface area (Å²) < 4.78 is 5.57. The van der Waals surface area contributed by atoms with Crippen LogP contribution in [0.2, 0.25) is 0 Å². The Balaban J connectivity index is 1.60. The second-order valence-corrected chi connectivity index (χ2v) is 7.18. The zero-order chi connectivity index (χ0) is 17.6. The van der Waals surface area contributed by atoms with Gasteiger partial charge in [0.1, 0.15) is 5.76 Å². The van der Waals surface area contributed by atoms with E-state index in [0.717, 1.165) is 17.7 Å². The third kappa shape index (κ3) is 4.51. The van der Waals surface area contributed by atoms with E-state index in [-0.39, 0.29) is 24.5 Å². The molecule has 1 saturated carbocycles. The third-order valence-corrected chi connectivity index (χ3v) is 5.48. The molecule has 1 heterocycles. The van der Waals surface area contributed by atoms with E-state index in [4.69, 9.17) is 4.42 Å². The Kier molecular flexibility index (Phi) is 5.92. The SMILES string of the molecule is C[C@@H]1[C@@H](C)CCC[C@H]1NC(=O)CN[C@@H](c1ccccc1)c1ccco1. The lowest BCUT2D eigenvalue weighted by Gasteiger charge is -2.34. The van der Waals surface area contributed by atoms with Gasteiger partial charge in [0.15, 0.2) is 0 Å². The summed E-state index contributed by atoms with van der Waals surface area (Å²) in [6, 6.07) is 14.1. The van der Waals surface area contributed by atoms with Crippen LogP contribution in [-0.2, 0) is 4.79 Å². The normalized spacial score (nSPS) is 24.6. The average Bonchev–Trinajstić information content (AvgIpc) is 3.14. The fourth-order valence-electron chi connectivity index (χ4n) is 3.72. The fourth-order valence-corrected chi connectivity index (χ4v) is 3.72. The van der Waals surface area contributed by atoms with Gasteiger partial charge in [0, 0.05) is 6.04 Å². The molecule has 0 saturated heterocycles. The number of rotatable bonds is 6. The maximum atomic E-state index is 12.5. The molecule has 2 N–H and O–H groups in total. The highest BCUT2D eigenvalue weighted by Gasteiger charge is 2.28. The van der Waals surface area contributed by atoms with Gasteiger partial charge in [0.2, 0.25) is 5.91 Å². The standard InChI is InChI=1S/C21H28N2O2/c1-15-8-6-11-18(16(15)2)23-20(24)14-22-21(19-12-7-13-25-19)17-9-4-3-5-10-17/h3-5,7,9-10,12-13,15-16,18,21-22H,6,8,11,14H2,1-2H3,(H,23,24)/t15-,16+,18+,21-/m0/s1. The van der Waals surface area contributed by atoms with Gasteiger partial charge in [0.05, 0.1) is 18.8 Å². The maximum absolute atomic E-state index is 12.5.